The predicted molar refractivity (Wildman–Crippen MR) is 110 cm³/mol. The highest BCUT2D eigenvalue weighted by Crippen LogP contribution is 2.36. The molecule has 9 heteroatoms. The maximum absolute atomic E-state index is 5.78. The summed E-state index contributed by atoms with van der Waals surface area (Å²) in [5.41, 5.74) is 2.79. The zero-order valence-electron chi connectivity index (χ0n) is 15.3. The molecule has 0 N–H and O–H groups in total. The summed E-state index contributed by atoms with van der Waals surface area (Å²) in [4.78, 5) is 4.70. The molecule has 2 aromatic heterocycles. The molecule has 0 atom stereocenters. The number of ether oxygens (including phenoxy) is 3. The van der Waals surface area contributed by atoms with Crippen LogP contribution in [0.1, 0.15) is 5.69 Å². The van der Waals surface area contributed by atoms with E-state index in [-0.39, 0.29) is 6.79 Å². The Morgan fingerprint density at radius 1 is 1.07 bits per heavy atom. The minimum absolute atomic E-state index is 0.231. The first-order valence-corrected chi connectivity index (χ1v) is 10.6. The van der Waals surface area contributed by atoms with E-state index >= 15 is 0 Å². The maximum atomic E-state index is 5.78. The minimum atomic E-state index is 0.231. The van der Waals surface area contributed by atoms with Gasteiger partial charge in [0.25, 0.3) is 5.22 Å². The maximum Gasteiger partial charge on any atom is 0.277 e. The van der Waals surface area contributed by atoms with E-state index < -0.39 is 0 Å². The molecule has 2 aromatic carbocycles. The van der Waals surface area contributed by atoms with E-state index in [1.165, 1.54) is 11.8 Å². The number of nitrogens with zero attached hydrogens (tertiary/aromatic N) is 3. The van der Waals surface area contributed by atoms with Crippen LogP contribution < -0.4 is 14.2 Å². The Hall–Kier alpha value is -3.04. The number of hydrogen-bond acceptors (Lipinski definition) is 9. The number of rotatable bonds is 6. The van der Waals surface area contributed by atoms with Crippen LogP contribution in [0.3, 0.4) is 0 Å². The van der Waals surface area contributed by atoms with Gasteiger partial charge in [-0.2, -0.15) is 0 Å². The van der Waals surface area contributed by atoms with Gasteiger partial charge in [-0.05, 0) is 30.3 Å². The fourth-order valence-electron chi connectivity index (χ4n) is 2.81. The van der Waals surface area contributed by atoms with Crippen LogP contribution in [0.25, 0.3) is 22.0 Å². The molecular formula is C20H15N3O4S2. The van der Waals surface area contributed by atoms with E-state index in [2.05, 4.69) is 10.2 Å². The molecule has 1 aliphatic heterocycles. The van der Waals surface area contributed by atoms with Gasteiger partial charge in [0.1, 0.15) is 10.8 Å². The van der Waals surface area contributed by atoms with Gasteiger partial charge in [-0.25, -0.2) is 4.98 Å². The molecule has 5 rings (SSSR count). The first-order chi connectivity index (χ1) is 14.3. The quantitative estimate of drug-likeness (QED) is 0.404. The van der Waals surface area contributed by atoms with Gasteiger partial charge in [-0.15, -0.1) is 21.5 Å². The zero-order valence-corrected chi connectivity index (χ0v) is 17.0. The van der Waals surface area contributed by atoms with Crippen LogP contribution in [0.2, 0.25) is 0 Å². The molecule has 29 heavy (non-hydrogen) atoms. The Kier molecular flexibility index (Phi) is 4.82. The summed E-state index contributed by atoms with van der Waals surface area (Å²) in [7, 11) is 1.66. The SMILES string of the molecule is COc1cccc(-c2nc(CSc3nnc(-c4ccc5c(c4)OCO5)o3)cs2)c1. The predicted octanol–water partition coefficient (Wildman–Crippen LogP) is 4.89. The highest BCUT2D eigenvalue weighted by atomic mass is 32.2. The lowest BCUT2D eigenvalue weighted by Gasteiger charge is -2.01. The van der Waals surface area contributed by atoms with E-state index in [1.54, 1.807) is 18.4 Å². The minimum Gasteiger partial charge on any atom is -0.497 e. The van der Waals surface area contributed by atoms with Crippen molar-refractivity contribution in [3.63, 3.8) is 0 Å². The average Bonchev–Trinajstić information content (AvgIpc) is 3.52. The summed E-state index contributed by atoms with van der Waals surface area (Å²) < 4.78 is 21.8. The highest BCUT2D eigenvalue weighted by molar-refractivity contribution is 7.98. The molecule has 0 bridgehead atoms. The van der Waals surface area contributed by atoms with Crippen LogP contribution >= 0.6 is 23.1 Å². The van der Waals surface area contributed by atoms with Gasteiger partial charge in [-0.3, -0.25) is 0 Å². The van der Waals surface area contributed by atoms with Crippen molar-refractivity contribution in [1.82, 2.24) is 15.2 Å². The molecule has 7 nitrogen and oxygen atoms in total. The summed E-state index contributed by atoms with van der Waals surface area (Å²) in [5, 5.41) is 11.7. The van der Waals surface area contributed by atoms with Gasteiger partial charge in [0.05, 0.1) is 12.8 Å². The van der Waals surface area contributed by atoms with Gasteiger partial charge in [0.2, 0.25) is 12.7 Å². The number of thioether (sulfide) groups is 1. The fraction of sp³-hybridized carbons (Fsp3) is 0.150. The topological polar surface area (TPSA) is 79.5 Å². The van der Waals surface area contributed by atoms with Crippen molar-refractivity contribution < 1.29 is 18.6 Å². The molecule has 0 amide bonds. The van der Waals surface area contributed by atoms with Crippen LogP contribution in [-0.2, 0) is 5.75 Å². The third kappa shape index (κ3) is 3.79. The van der Waals surface area contributed by atoms with E-state index in [4.69, 9.17) is 23.6 Å². The first-order valence-electron chi connectivity index (χ1n) is 8.73. The monoisotopic (exact) mass is 425 g/mol. The highest BCUT2D eigenvalue weighted by Gasteiger charge is 2.17. The van der Waals surface area contributed by atoms with Gasteiger partial charge < -0.3 is 18.6 Å². The molecule has 1 aliphatic rings. The van der Waals surface area contributed by atoms with Crippen molar-refractivity contribution in [2.75, 3.05) is 13.9 Å². The van der Waals surface area contributed by atoms with Crippen molar-refractivity contribution in [2.45, 2.75) is 11.0 Å². The molecular weight excluding hydrogens is 410 g/mol. The normalized spacial score (nSPS) is 12.3. The van der Waals surface area contributed by atoms with E-state index in [9.17, 15) is 0 Å². The molecule has 146 valence electrons. The second-order valence-corrected chi connectivity index (χ2v) is 7.89. The number of thiazole rings is 1. The van der Waals surface area contributed by atoms with Crippen molar-refractivity contribution in [3.8, 4) is 39.3 Å². The number of benzene rings is 2. The zero-order chi connectivity index (χ0) is 19.6. The summed E-state index contributed by atoms with van der Waals surface area (Å²) >= 11 is 3.05. The van der Waals surface area contributed by atoms with Crippen molar-refractivity contribution in [2.24, 2.45) is 0 Å². The Balaban J connectivity index is 1.26. The molecule has 0 saturated carbocycles. The first kappa shape index (κ1) is 18.0. The number of hydrogen-bond donors (Lipinski definition) is 0. The van der Waals surface area contributed by atoms with Crippen LogP contribution in [0.5, 0.6) is 17.2 Å². The lowest BCUT2D eigenvalue weighted by molar-refractivity contribution is 0.174. The number of aromatic nitrogens is 3. The summed E-state index contributed by atoms with van der Waals surface area (Å²) in [6, 6.07) is 13.4. The number of fused-ring (bicyclic) bond motifs is 1. The summed E-state index contributed by atoms with van der Waals surface area (Å²) in [6.07, 6.45) is 0. The fourth-order valence-corrected chi connectivity index (χ4v) is 4.39. The lowest BCUT2D eigenvalue weighted by Crippen LogP contribution is -1.92. The molecule has 0 radical (unpaired) electrons. The van der Waals surface area contributed by atoms with Gasteiger partial charge in [-0.1, -0.05) is 23.9 Å². The van der Waals surface area contributed by atoms with Gasteiger partial charge in [0.15, 0.2) is 11.5 Å². The smallest absolute Gasteiger partial charge is 0.277 e. The summed E-state index contributed by atoms with van der Waals surface area (Å²) in [5.74, 6) is 3.31. The molecule has 0 unspecified atom stereocenters. The van der Waals surface area contributed by atoms with Crippen LogP contribution in [0.15, 0.2) is 57.5 Å². The average molecular weight is 425 g/mol. The standard InChI is InChI=1S/C20H15N3O4S2/c1-24-15-4-2-3-13(7-15)19-21-14(9-28-19)10-29-20-23-22-18(27-20)12-5-6-16-17(8-12)26-11-25-16/h2-9H,10-11H2,1H3. The Morgan fingerprint density at radius 3 is 2.93 bits per heavy atom. The van der Waals surface area contributed by atoms with E-state index in [0.29, 0.717) is 22.6 Å². The van der Waals surface area contributed by atoms with E-state index in [0.717, 1.165) is 33.3 Å². The van der Waals surface area contributed by atoms with Crippen molar-refractivity contribution in [3.05, 3.63) is 53.5 Å². The Bertz CT molecular complexity index is 1160. The molecule has 0 aliphatic carbocycles. The van der Waals surface area contributed by atoms with Crippen LogP contribution in [-0.4, -0.2) is 29.1 Å². The number of methoxy groups -OCH3 is 1. The Morgan fingerprint density at radius 2 is 2.00 bits per heavy atom. The third-order valence-electron chi connectivity index (χ3n) is 4.24. The molecule has 0 saturated heterocycles. The van der Waals surface area contributed by atoms with Crippen LogP contribution in [0.4, 0.5) is 0 Å². The molecule has 4 aromatic rings. The second-order valence-electron chi connectivity index (χ2n) is 6.11. The van der Waals surface area contributed by atoms with Gasteiger partial charge >= 0.3 is 0 Å². The van der Waals surface area contributed by atoms with Gasteiger partial charge in [0, 0.05) is 22.3 Å². The van der Waals surface area contributed by atoms with E-state index in [1.807, 2.05) is 47.8 Å². The van der Waals surface area contributed by atoms with Crippen LogP contribution in [0, 0.1) is 0 Å². The summed E-state index contributed by atoms with van der Waals surface area (Å²) in [6.45, 7) is 0.231. The van der Waals surface area contributed by atoms with Crippen molar-refractivity contribution in [1.29, 1.82) is 0 Å². The molecule has 0 spiro atoms. The van der Waals surface area contributed by atoms with Crippen molar-refractivity contribution >= 4 is 23.1 Å². The molecule has 0 fully saturated rings. The molecule has 3 heterocycles. The second kappa shape index (κ2) is 7.76. The third-order valence-corrected chi connectivity index (χ3v) is 6.03. The lowest BCUT2D eigenvalue weighted by atomic mass is 10.2. The Labute approximate surface area is 174 Å². The largest absolute Gasteiger partial charge is 0.497 e.